The molecule has 0 aliphatic carbocycles. The molecule has 0 bridgehead atoms. The van der Waals surface area contributed by atoms with E-state index in [9.17, 15) is 4.79 Å². The quantitative estimate of drug-likeness (QED) is 0.145. The summed E-state index contributed by atoms with van der Waals surface area (Å²) in [4.78, 5) is 13.4. The third-order valence-electron chi connectivity index (χ3n) is 7.27. The zero-order valence-corrected chi connectivity index (χ0v) is 22.1. The topological polar surface area (TPSA) is 40.5 Å². The van der Waals surface area contributed by atoms with Crippen LogP contribution in [0.25, 0.3) is 32.4 Å². The van der Waals surface area contributed by atoms with Gasteiger partial charge in [-0.1, -0.05) is 97.1 Å². The largest absolute Gasteiger partial charge is 0.493 e. The molecule has 0 aliphatic heterocycles. The summed E-state index contributed by atoms with van der Waals surface area (Å²) in [6, 6.07) is 37.5. The summed E-state index contributed by atoms with van der Waals surface area (Å²) in [7, 11) is 0. The number of hydrogen-bond donors (Lipinski definition) is 0. The van der Waals surface area contributed by atoms with E-state index in [4.69, 9.17) is 9.47 Å². The van der Waals surface area contributed by atoms with Gasteiger partial charge >= 0.3 is 5.97 Å². The average Bonchev–Trinajstić information content (AvgIpc) is 3.28. The molecular weight excluding hydrogens is 482 g/mol. The van der Waals surface area contributed by atoms with Gasteiger partial charge < -0.3 is 14.0 Å². The van der Waals surface area contributed by atoms with Gasteiger partial charge in [-0.25, -0.2) is 4.79 Å². The summed E-state index contributed by atoms with van der Waals surface area (Å²) < 4.78 is 13.9. The van der Waals surface area contributed by atoms with Crippen LogP contribution < -0.4 is 4.74 Å². The SMILES string of the molecule is CCOC(=O)c1c(Cc2ccc3ccccc3c2)c2ccccc2n1CCCOc1cccc2ccccc12. The van der Waals surface area contributed by atoms with E-state index >= 15 is 0 Å². The second-order valence-corrected chi connectivity index (χ2v) is 9.75. The summed E-state index contributed by atoms with van der Waals surface area (Å²) in [5.41, 5.74) is 3.86. The molecule has 0 fully saturated rings. The number of esters is 1. The Kier molecular flexibility index (Phi) is 7.01. The van der Waals surface area contributed by atoms with E-state index in [2.05, 4.69) is 77.4 Å². The minimum atomic E-state index is -0.278. The van der Waals surface area contributed by atoms with Crippen molar-refractivity contribution in [2.24, 2.45) is 0 Å². The molecule has 1 heterocycles. The van der Waals surface area contributed by atoms with Gasteiger partial charge in [-0.3, -0.25) is 0 Å². The molecule has 194 valence electrons. The smallest absolute Gasteiger partial charge is 0.355 e. The molecule has 0 spiro atoms. The van der Waals surface area contributed by atoms with Crippen LogP contribution in [0.2, 0.25) is 0 Å². The number of carbonyl (C=O) groups excluding carboxylic acids is 1. The number of aryl methyl sites for hydroxylation is 1. The maximum atomic E-state index is 13.4. The van der Waals surface area contributed by atoms with Gasteiger partial charge in [0, 0.05) is 29.3 Å². The van der Waals surface area contributed by atoms with Gasteiger partial charge in [0.25, 0.3) is 0 Å². The predicted molar refractivity (Wildman–Crippen MR) is 159 cm³/mol. The number of nitrogens with zero attached hydrogens (tertiary/aromatic N) is 1. The zero-order chi connectivity index (χ0) is 26.6. The summed E-state index contributed by atoms with van der Waals surface area (Å²) in [5.74, 6) is 0.604. The molecule has 0 N–H and O–H groups in total. The Morgan fingerprint density at radius 1 is 0.744 bits per heavy atom. The Bertz CT molecular complexity index is 1780. The van der Waals surface area contributed by atoms with Gasteiger partial charge in [-0.2, -0.15) is 0 Å². The number of hydrogen-bond acceptors (Lipinski definition) is 3. The number of rotatable bonds is 9. The Morgan fingerprint density at radius 2 is 1.46 bits per heavy atom. The van der Waals surface area contributed by atoms with E-state index in [1.165, 1.54) is 16.3 Å². The molecule has 0 unspecified atom stereocenters. The van der Waals surface area contributed by atoms with Crippen LogP contribution in [-0.4, -0.2) is 23.8 Å². The first kappa shape index (κ1) is 24.7. The van der Waals surface area contributed by atoms with Crippen molar-refractivity contribution >= 4 is 38.4 Å². The van der Waals surface area contributed by atoms with E-state index in [0.717, 1.165) is 39.4 Å². The van der Waals surface area contributed by atoms with Crippen LogP contribution in [0, 0.1) is 0 Å². The van der Waals surface area contributed by atoms with Crippen molar-refractivity contribution in [1.82, 2.24) is 4.57 Å². The van der Waals surface area contributed by atoms with Gasteiger partial charge in [-0.15, -0.1) is 0 Å². The molecule has 0 saturated heterocycles. The highest BCUT2D eigenvalue weighted by molar-refractivity contribution is 5.99. The number of benzene rings is 5. The zero-order valence-electron chi connectivity index (χ0n) is 22.1. The lowest BCUT2D eigenvalue weighted by molar-refractivity contribution is 0.0512. The minimum absolute atomic E-state index is 0.278. The van der Waals surface area contributed by atoms with Crippen molar-refractivity contribution in [2.45, 2.75) is 26.3 Å². The second kappa shape index (κ2) is 11.0. The molecule has 0 amide bonds. The van der Waals surface area contributed by atoms with E-state index in [0.29, 0.717) is 31.9 Å². The molecule has 4 heteroatoms. The normalized spacial score (nSPS) is 11.3. The van der Waals surface area contributed by atoms with E-state index in [-0.39, 0.29) is 5.97 Å². The molecular formula is C35H31NO3. The van der Waals surface area contributed by atoms with E-state index in [1.807, 2.05) is 43.3 Å². The molecule has 0 atom stereocenters. The molecule has 39 heavy (non-hydrogen) atoms. The van der Waals surface area contributed by atoms with E-state index in [1.54, 1.807) is 0 Å². The van der Waals surface area contributed by atoms with Crippen molar-refractivity contribution in [1.29, 1.82) is 0 Å². The summed E-state index contributed by atoms with van der Waals surface area (Å²) in [6.07, 6.45) is 1.41. The third-order valence-corrected chi connectivity index (χ3v) is 7.27. The molecule has 0 aliphatic rings. The summed E-state index contributed by atoms with van der Waals surface area (Å²) in [5, 5.41) is 5.76. The lowest BCUT2D eigenvalue weighted by Crippen LogP contribution is -2.16. The monoisotopic (exact) mass is 513 g/mol. The Labute approximate surface area is 228 Å². The number of fused-ring (bicyclic) bond motifs is 3. The second-order valence-electron chi connectivity index (χ2n) is 9.75. The van der Waals surface area contributed by atoms with E-state index < -0.39 is 0 Å². The van der Waals surface area contributed by atoms with Crippen LogP contribution in [-0.2, 0) is 17.7 Å². The molecule has 4 nitrogen and oxygen atoms in total. The molecule has 6 aromatic rings. The fraction of sp³-hybridized carbons (Fsp3) is 0.171. The first-order valence-electron chi connectivity index (χ1n) is 13.6. The van der Waals surface area contributed by atoms with Crippen molar-refractivity contribution < 1.29 is 14.3 Å². The van der Waals surface area contributed by atoms with Crippen LogP contribution in [0.5, 0.6) is 5.75 Å². The van der Waals surface area contributed by atoms with Crippen LogP contribution in [0.3, 0.4) is 0 Å². The number of carbonyl (C=O) groups is 1. The Balaban J connectivity index is 1.31. The fourth-order valence-electron chi connectivity index (χ4n) is 5.50. The Morgan fingerprint density at radius 3 is 2.31 bits per heavy atom. The van der Waals surface area contributed by atoms with Gasteiger partial charge in [-0.05, 0) is 52.8 Å². The van der Waals surface area contributed by atoms with Gasteiger partial charge in [0.05, 0.1) is 13.2 Å². The molecule has 0 radical (unpaired) electrons. The first-order valence-corrected chi connectivity index (χ1v) is 13.6. The lowest BCUT2D eigenvalue weighted by atomic mass is 9.99. The molecule has 5 aromatic carbocycles. The molecule has 0 saturated carbocycles. The van der Waals surface area contributed by atoms with Crippen LogP contribution in [0.4, 0.5) is 0 Å². The van der Waals surface area contributed by atoms with Gasteiger partial charge in [0.1, 0.15) is 11.4 Å². The van der Waals surface area contributed by atoms with Crippen LogP contribution >= 0.6 is 0 Å². The van der Waals surface area contributed by atoms with Crippen molar-refractivity contribution in [3.05, 3.63) is 126 Å². The first-order chi connectivity index (χ1) is 19.2. The Hall–Kier alpha value is -4.57. The minimum Gasteiger partial charge on any atom is -0.493 e. The molecule has 1 aromatic heterocycles. The highest BCUT2D eigenvalue weighted by Crippen LogP contribution is 2.31. The predicted octanol–water partition coefficient (Wildman–Crippen LogP) is 8.18. The van der Waals surface area contributed by atoms with Crippen molar-refractivity contribution in [3.63, 3.8) is 0 Å². The van der Waals surface area contributed by atoms with Crippen LogP contribution in [0.1, 0.15) is 35.0 Å². The summed E-state index contributed by atoms with van der Waals surface area (Å²) >= 11 is 0. The standard InChI is InChI=1S/C35H31NO3/c1-2-38-35(37)34-31(24-25-19-20-26-11-3-4-13-28(26)23-25)30-16-7-8-17-32(30)36(34)21-10-22-39-33-18-9-14-27-12-5-6-15-29(27)33/h3-9,11-20,23H,2,10,21-22,24H2,1H3. The fourth-order valence-corrected chi connectivity index (χ4v) is 5.50. The maximum Gasteiger partial charge on any atom is 0.355 e. The maximum absolute atomic E-state index is 13.4. The third kappa shape index (κ3) is 4.98. The van der Waals surface area contributed by atoms with Gasteiger partial charge in [0.2, 0.25) is 0 Å². The van der Waals surface area contributed by atoms with Crippen molar-refractivity contribution in [3.8, 4) is 5.75 Å². The summed E-state index contributed by atoms with van der Waals surface area (Å²) in [6.45, 7) is 3.38. The average molecular weight is 514 g/mol. The highest BCUT2D eigenvalue weighted by Gasteiger charge is 2.24. The molecule has 6 rings (SSSR count). The lowest BCUT2D eigenvalue weighted by Gasteiger charge is -2.13. The highest BCUT2D eigenvalue weighted by atomic mass is 16.5. The van der Waals surface area contributed by atoms with Crippen LogP contribution in [0.15, 0.2) is 109 Å². The number of para-hydroxylation sites is 1. The van der Waals surface area contributed by atoms with Crippen molar-refractivity contribution in [2.75, 3.05) is 13.2 Å². The number of ether oxygens (including phenoxy) is 2. The number of aromatic nitrogens is 1. The van der Waals surface area contributed by atoms with Gasteiger partial charge in [0.15, 0.2) is 0 Å².